The molecule has 0 radical (unpaired) electrons. The van der Waals surface area contributed by atoms with Crippen LogP contribution in [0, 0.1) is 0 Å². The van der Waals surface area contributed by atoms with Gasteiger partial charge < -0.3 is 5.32 Å². The fraction of sp³-hybridized carbons (Fsp3) is 0.889. The second kappa shape index (κ2) is 8.68. The molecular formula is C18H41NSi2. The lowest BCUT2D eigenvalue weighted by Crippen LogP contribution is -2.62. The molecule has 2 atom stereocenters. The van der Waals surface area contributed by atoms with E-state index < -0.39 is 8.07 Å². The average Bonchev–Trinajstić information content (AvgIpc) is 2.35. The summed E-state index contributed by atoms with van der Waals surface area (Å²) >= 11 is 0. The van der Waals surface area contributed by atoms with E-state index in [0.29, 0.717) is 11.7 Å². The van der Waals surface area contributed by atoms with Gasteiger partial charge in [0, 0.05) is 21.9 Å². The Balaban J connectivity index is 5.60. The van der Waals surface area contributed by atoms with Gasteiger partial charge in [-0.25, -0.2) is 0 Å². The predicted molar refractivity (Wildman–Crippen MR) is 106 cm³/mol. The molecule has 1 nitrogen and oxygen atoms in total. The highest BCUT2D eigenvalue weighted by Gasteiger charge is 2.48. The molecule has 0 saturated carbocycles. The van der Waals surface area contributed by atoms with Crippen LogP contribution in [0.4, 0.5) is 0 Å². The van der Waals surface area contributed by atoms with Gasteiger partial charge in [0.05, 0.1) is 8.07 Å². The largest absolute Gasteiger partial charge is 0.310 e. The van der Waals surface area contributed by atoms with Crippen molar-refractivity contribution in [2.75, 3.05) is 0 Å². The lowest BCUT2D eigenvalue weighted by Gasteiger charge is -2.50. The van der Waals surface area contributed by atoms with Crippen molar-refractivity contribution in [2.45, 2.75) is 104 Å². The van der Waals surface area contributed by atoms with E-state index in [4.69, 9.17) is 0 Å². The quantitative estimate of drug-likeness (QED) is 0.641. The Hall–Kier alpha value is 0.134. The number of allylic oxidation sites excluding steroid dienone is 1. The highest BCUT2D eigenvalue weighted by atomic mass is 28.3. The van der Waals surface area contributed by atoms with Crippen LogP contribution >= 0.6 is 0 Å². The Bertz CT molecular complexity index is 319. The molecule has 3 heteroatoms. The molecule has 0 rings (SSSR count). The van der Waals surface area contributed by atoms with Crippen LogP contribution in [0.5, 0.6) is 0 Å². The van der Waals surface area contributed by atoms with E-state index >= 15 is 0 Å². The minimum absolute atomic E-state index is 0.524. The van der Waals surface area contributed by atoms with E-state index in [9.17, 15) is 0 Å². The first-order valence-electron chi connectivity index (χ1n) is 8.93. The lowest BCUT2D eigenvalue weighted by atomic mass is 10.1. The average molecular weight is 328 g/mol. The summed E-state index contributed by atoms with van der Waals surface area (Å²) in [6.07, 6.45) is 1.26. The van der Waals surface area contributed by atoms with Crippen molar-refractivity contribution in [1.29, 1.82) is 0 Å². The zero-order valence-electron chi connectivity index (χ0n) is 16.6. The van der Waals surface area contributed by atoms with Crippen LogP contribution in [-0.2, 0) is 0 Å². The fourth-order valence-corrected chi connectivity index (χ4v) is 12.8. The first-order valence-corrected chi connectivity index (χ1v) is 12.2. The summed E-state index contributed by atoms with van der Waals surface area (Å²) in [5.74, 6) is 0. The molecule has 0 saturated heterocycles. The van der Waals surface area contributed by atoms with Gasteiger partial charge >= 0.3 is 0 Å². The summed E-state index contributed by atoms with van der Waals surface area (Å²) in [6, 6.07) is 0.524. The molecule has 21 heavy (non-hydrogen) atoms. The van der Waals surface area contributed by atoms with Crippen molar-refractivity contribution in [3.63, 3.8) is 0 Å². The van der Waals surface area contributed by atoms with E-state index in [1.165, 1.54) is 16.7 Å². The van der Waals surface area contributed by atoms with Crippen molar-refractivity contribution in [3.05, 3.63) is 10.8 Å². The Morgan fingerprint density at radius 1 is 0.905 bits per heavy atom. The first-order chi connectivity index (χ1) is 9.53. The molecule has 0 aliphatic heterocycles. The summed E-state index contributed by atoms with van der Waals surface area (Å²) in [7, 11) is -0.240. The summed E-state index contributed by atoms with van der Waals surface area (Å²) in [4.78, 5) is 0. The standard InChI is InChI=1S/C18H41NSi2/c1-11-18(19-16(9)15(8)17(10)20)21(12(2)3,13(4)5)14(6)7/h12-14,16,18-19H,11H2,1-10,20H3. The molecule has 0 heterocycles. The third-order valence-electron chi connectivity index (χ3n) is 5.90. The number of rotatable bonds is 8. The predicted octanol–water partition coefficient (Wildman–Crippen LogP) is 4.62. The highest BCUT2D eigenvalue weighted by molar-refractivity contribution is 6.84. The normalized spacial score (nSPS) is 17.6. The van der Waals surface area contributed by atoms with Crippen molar-refractivity contribution in [3.8, 4) is 0 Å². The minimum atomic E-state index is -1.42. The van der Waals surface area contributed by atoms with E-state index in [-0.39, 0.29) is 0 Å². The second-order valence-electron chi connectivity index (χ2n) is 8.00. The molecule has 0 aromatic heterocycles. The molecule has 1 N–H and O–H groups in total. The number of nitrogens with one attached hydrogen (secondary N) is 1. The molecular weight excluding hydrogens is 286 g/mol. The summed E-state index contributed by atoms with van der Waals surface area (Å²) < 4.78 is 0. The molecule has 0 aromatic rings. The van der Waals surface area contributed by atoms with Gasteiger partial charge in [-0.1, -0.05) is 59.2 Å². The lowest BCUT2D eigenvalue weighted by molar-refractivity contribution is 0.521. The summed E-state index contributed by atoms with van der Waals surface area (Å²) in [5.41, 5.74) is 4.75. The van der Waals surface area contributed by atoms with Gasteiger partial charge in [-0.2, -0.15) is 0 Å². The first kappa shape index (κ1) is 21.1. The maximum atomic E-state index is 4.06. The van der Waals surface area contributed by atoms with Gasteiger partial charge in [-0.15, -0.1) is 0 Å². The molecule has 0 aromatic carbocycles. The van der Waals surface area contributed by atoms with E-state index in [0.717, 1.165) is 16.6 Å². The summed E-state index contributed by atoms with van der Waals surface area (Å²) in [5, 5.41) is 5.65. The van der Waals surface area contributed by atoms with Gasteiger partial charge in [-0.3, -0.25) is 0 Å². The third-order valence-corrected chi connectivity index (χ3v) is 14.5. The highest BCUT2D eigenvalue weighted by Crippen LogP contribution is 2.44. The molecule has 0 fully saturated rings. The van der Waals surface area contributed by atoms with Crippen molar-refractivity contribution in [2.24, 2.45) is 0 Å². The Morgan fingerprint density at radius 3 is 1.52 bits per heavy atom. The minimum Gasteiger partial charge on any atom is -0.310 e. The van der Waals surface area contributed by atoms with Crippen molar-refractivity contribution in [1.82, 2.24) is 5.32 Å². The fourth-order valence-electron chi connectivity index (χ4n) is 4.68. The van der Waals surface area contributed by atoms with Crippen LogP contribution in [0.2, 0.25) is 16.6 Å². The monoisotopic (exact) mass is 327 g/mol. The topological polar surface area (TPSA) is 12.0 Å². The van der Waals surface area contributed by atoms with Crippen LogP contribution in [-0.4, -0.2) is 30.0 Å². The van der Waals surface area contributed by atoms with Crippen molar-refractivity contribution < 1.29 is 0 Å². The van der Waals surface area contributed by atoms with Crippen LogP contribution in [0.3, 0.4) is 0 Å². The molecule has 0 spiro atoms. The van der Waals surface area contributed by atoms with Gasteiger partial charge in [0.15, 0.2) is 0 Å². The molecule has 0 bridgehead atoms. The van der Waals surface area contributed by atoms with Crippen molar-refractivity contribution >= 4 is 18.3 Å². The molecule has 126 valence electrons. The molecule has 2 unspecified atom stereocenters. The van der Waals surface area contributed by atoms with Crippen LogP contribution in [0.1, 0.15) is 75.7 Å². The van der Waals surface area contributed by atoms with Crippen LogP contribution in [0.15, 0.2) is 10.8 Å². The third kappa shape index (κ3) is 4.55. The van der Waals surface area contributed by atoms with Gasteiger partial charge in [-0.05, 0) is 43.8 Å². The van der Waals surface area contributed by atoms with Crippen LogP contribution in [0.25, 0.3) is 0 Å². The summed E-state index contributed by atoms with van der Waals surface area (Å²) in [6.45, 7) is 24.2. The Morgan fingerprint density at radius 2 is 1.29 bits per heavy atom. The zero-order chi connectivity index (χ0) is 17.0. The zero-order valence-corrected chi connectivity index (χ0v) is 19.6. The molecule has 0 aliphatic carbocycles. The van der Waals surface area contributed by atoms with Gasteiger partial charge in [0.1, 0.15) is 0 Å². The van der Waals surface area contributed by atoms with E-state index in [1.54, 1.807) is 10.8 Å². The SMILES string of the molecule is CCC(NC(C)C(C)=C(C)[SiH3])[Si](C(C)C)(C(C)C)C(C)C. The molecule has 0 amide bonds. The Labute approximate surface area is 138 Å². The van der Waals surface area contributed by atoms with E-state index in [1.807, 2.05) is 0 Å². The number of hydrogen-bond donors (Lipinski definition) is 1. The van der Waals surface area contributed by atoms with E-state index in [2.05, 4.69) is 74.6 Å². The van der Waals surface area contributed by atoms with Gasteiger partial charge in [0.2, 0.25) is 0 Å². The second-order valence-corrected chi connectivity index (χ2v) is 15.7. The molecule has 0 aliphatic rings. The smallest absolute Gasteiger partial charge is 0.0801 e. The van der Waals surface area contributed by atoms with Crippen LogP contribution < -0.4 is 5.32 Å². The maximum absolute atomic E-state index is 4.06. The maximum Gasteiger partial charge on any atom is 0.0801 e. The van der Waals surface area contributed by atoms with Gasteiger partial charge in [0.25, 0.3) is 0 Å². The Kier molecular flexibility index (Phi) is 8.74. The number of hydrogen-bond acceptors (Lipinski definition) is 1.